The van der Waals surface area contributed by atoms with Gasteiger partial charge in [0.25, 0.3) is 5.56 Å². The van der Waals surface area contributed by atoms with Crippen LogP contribution in [0.25, 0.3) is 11.4 Å². The highest BCUT2D eigenvalue weighted by Gasteiger charge is 2.17. The number of rotatable bonds is 6. The second kappa shape index (κ2) is 8.33. The molecule has 1 aliphatic rings. The van der Waals surface area contributed by atoms with Crippen LogP contribution in [0.15, 0.2) is 41.5 Å². The maximum Gasteiger partial charge on any atom is 0.254 e. The second-order valence-electron chi connectivity index (χ2n) is 8.30. The van der Waals surface area contributed by atoms with E-state index in [4.69, 9.17) is 4.98 Å². The van der Waals surface area contributed by atoms with Gasteiger partial charge in [-0.25, -0.2) is 4.98 Å². The Bertz CT molecular complexity index is 1050. The van der Waals surface area contributed by atoms with Crippen molar-refractivity contribution >= 4 is 0 Å². The number of aromatic nitrogens is 4. The van der Waals surface area contributed by atoms with E-state index in [0.29, 0.717) is 11.9 Å². The summed E-state index contributed by atoms with van der Waals surface area (Å²) in [5.41, 5.74) is 5.22. The van der Waals surface area contributed by atoms with Crippen LogP contribution in [-0.4, -0.2) is 31.7 Å². The van der Waals surface area contributed by atoms with Gasteiger partial charge in [0.1, 0.15) is 5.82 Å². The molecule has 0 aliphatic heterocycles. The van der Waals surface area contributed by atoms with Crippen molar-refractivity contribution in [2.24, 2.45) is 0 Å². The van der Waals surface area contributed by atoms with Crippen molar-refractivity contribution < 1.29 is 0 Å². The number of H-pyrrole nitrogens is 1. The van der Waals surface area contributed by atoms with Gasteiger partial charge in [-0.15, -0.1) is 0 Å². The van der Waals surface area contributed by atoms with Gasteiger partial charge in [-0.1, -0.05) is 24.3 Å². The minimum atomic E-state index is 0.0222. The molecule has 0 atom stereocenters. The fraction of sp³-hybridized carbons (Fsp3) is 0.435. The zero-order valence-corrected chi connectivity index (χ0v) is 17.5. The Labute approximate surface area is 171 Å². The molecule has 152 valence electrons. The molecule has 1 aromatic carbocycles. The van der Waals surface area contributed by atoms with Gasteiger partial charge < -0.3 is 4.98 Å². The number of hydrogen-bond donors (Lipinski definition) is 1. The number of aryl methyl sites for hydroxylation is 1. The van der Waals surface area contributed by atoms with E-state index in [9.17, 15) is 4.79 Å². The zero-order valence-electron chi connectivity index (χ0n) is 17.5. The Kier molecular flexibility index (Phi) is 5.62. The van der Waals surface area contributed by atoms with E-state index in [-0.39, 0.29) is 5.56 Å². The normalized spacial score (nSPS) is 13.8. The quantitative estimate of drug-likeness (QED) is 0.695. The van der Waals surface area contributed by atoms with Gasteiger partial charge >= 0.3 is 0 Å². The summed E-state index contributed by atoms with van der Waals surface area (Å²) in [6.45, 7) is 5.84. The molecule has 0 amide bonds. The number of nitrogens with zero attached hydrogens (tertiary/aromatic N) is 4. The van der Waals surface area contributed by atoms with E-state index < -0.39 is 0 Å². The SMILES string of the molecule is CC(C)n1cc(CN(C)Cc2ccccc2-c2nc3c(c(=O)[nH]2)CCCC3)cn1. The van der Waals surface area contributed by atoms with E-state index in [2.05, 4.69) is 48.1 Å². The Morgan fingerprint density at radius 1 is 1.17 bits per heavy atom. The van der Waals surface area contributed by atoms with Crippen molar-refractivity contribution in [2.75, 3.05) is 7.05 Å². The summed E-state index contributed by atoms with van der Waals surface area (Å²) in [5.74, 6) is 0.687. The van der Waals surface area contributed by atoms with Crippen molar-refractivity contribution in [1.29, 1.82) is 0 Å². The lowest BCUT2D eigenvalue weighted by molar-refractivity contribution is 0.319. The molecule has 3 aromatic rings. The molecular formula is C23H29N5O. The van der Waals surface area contributed by atoms with Gasteiger partial charge in [-0.05, 0) is 52.1 Å². The molecule has 29 heavy (non-hydrogen) atoms. The maximum absolute atomic E-state index is 12.6. The lowest BCUT2D eigenvalue weighted by Crippen LogP contribution is -2.22. The predicted molar refractivity (Wildman–Crippen MR) is 115 cm³/mol. The first-order chi connectivity index (χ1) is 14.0. The minimum Gasteiger partial charge on any atom is -0.306 e. The van der Waals surface area contributed by atoms with Crippen molar-refractivity contribution in [2.45, 2.75) is 58.7 Å². The van der Waals surface area contributed by atoms with Gasteiger partial charge in [0.2, 0.25) is 0 Å². The third-order valence-corrected chi connectivity index (χ3v) is 5.54. The minimum absolute atomic E-state index is 0.0222. The van der Waals surface area contributed by atoms with E-state index in [1.165, 1.54) is 5.56 Å². The van der Waals surface area contributed by atoms with Gasteiger partial charge in [0, 0.05) is 42.0 Å². The molecule has 0 saturated heterocycles. The third kappa shape index (κ3) is 4.32. The molecule has 4 rings (SSSR count). The van der Waals surface area contributed by atoms with Gasteiger partial charge in [-0.3, -0.25) is 14.4 Å². The molecular weight excluding hydrogens is 362 g/mol. The molecule has 2 aromatic heterocycles. The highest BCUT2D eigenvalue weighted by Crippen LogP contribution is 2.24. The Morgan fingerprint density at radius 3 is 2.76 bits per heavy atom. The lowest BCUT2D eigenvalue weighted by atomic mass is 9.96. The topological polar surface area (TPSA) is 66.8 Å². The van der Waals surface area contributed by atoms with Crippen LogP contribution in [0.3, 0.4) is 0 Å². The first-order valence-electron chi connectivity index (χ1n) is 10.4. The molecule has 0 fully saturated rings. The monoisotopic (exact) mass is 391 g/mol. The van der Waals surface area contributed by atoms with Crippen LogP contribution in [0.1, 0.15) is 55.1 Å². The largest absolute Gasteiger partial charge is 0.306 e. The summed E-state index contributed by atoms with van der Waals surface area (Å²) in [7, 11) is 2.10. The molecule has 6 heteroatoms. The Morgan fingerprint density at radius 2 is 1.97 bits per heavy atom. The number of hydrogen-bond acceptors (Lipinski definition) is 4. The van der Waals surface area contributed by atoms with E-state index in [1.54, 1.807) is 0 Å². The summed E-state index contributed by atoms with van der Waals surface area (Å²) in [4.78, 5) is 22.7. The lowest BCUT2D eigenvalue weighted by Gasteiger charge is -2.19. The highest BCUT2D eigenvalue weighted by molar-refractivity contribution is 5.60. The maximum atomic E-state index is 12.6. The van der Waals surface area contributed by atoms with Crippen LogP contribution in [0.5, 0.6) is 0 Å². The molecule has 0 saturated carbocycles. The summed E-state index contributed by atoms with van der Waals surface area (Å²) >= 11 is 0. The molecule has 1 aliphatic carbocycles. The number of benzene rings is 1. The van der Waals surface area contributed by atoms with Crippen molar-refractivity contribution in [3.05, 3.63) is 69.4 Å². The summed E-state index contributed by atoms with van der Waals surface area (Å²) < 4.78 is 1.99. The van der Waals surface area contributed by atoms with Crippen LogP contribution >= 0.6 is 0 Å². The summed E-state index contributed by atoms with van der Waals surface area (Å²) in [6.07, 6.45) is 7.96. The smallest absolute Gasteiger partial charge is 0.254 e. The van der Waals surface area contributed by atoms with Crippen LogP contribution < -0.4 is 5.56 Å². The van der Waals surface area contributed by atoms with Crippen LogP contribution in [0.2, 0.25) is 0 Å². The molecule has 0 spiro atoms. The van der Waals surface area contributed by atoms with Crippen molar-refractivity contribution in [1.82, 2.24) is 24.6 Å². The first-order valence-corrected chi connectivity index (χ1v) is 10.4. The molecule has 0 bridgehead atoms. The number of nitrogens with one attached hydrogen (secondary N) is 1. The standard InChI is InChI=1S/C23H29N5O/c1-16(2)28-14-17(12-24-28)13-27(3)15-18-8-4-5-9-19(18)22-25-21-11-7-6-10-20(21)23(29)26-22/h4-5,8-9,12,14,16H,6-7,10-11,13,15H2,1-3H3,(H,25,26,29). The average Bonchev–Trinajstić information content (AvgIpc) is 3.17. The average molecular weight is 392 g/mol. The zero-order chi connectivity index (χ0) is 20.4. The van der Waals surface area contributed by atoms with Gasteiger partial charge in [0.05, 0.1) is 11.9 Å². The summed E-state index contributed by atoms with van der Waals surface area (Å²) in [5, 5.41) is 4.43. The molecule has 1 N–H and O–H groups in total. The Hall–Kier alpha value is -2.73. The van der Waals surface area contributed by atoms with Crippen molar-refractivity contribution in [3.8, 4) is 11.4 Å². The van der Waals surface area contributed by atoms with E-state index in [0.717, 1.165) is 61.2 Å². The van der Waals surface area contributed by atoms with Crippen LogP contribution in [0.4, 0.5) is 0 Å². The predicted octanol–water partition coefficient (Wildman–Crippen LogP) is 3.73. The van der Waals surface area contributed by atoms with Gasteiger partial charge in [-0.2, -0.15) is 5.10 Å². The van der Waals surface area contributed by atoms with E-state index >= 15 is 0 Å². The summed E-state index contributed by atoms with van der Waals surface area (Å²) in [6, 6.07) is 8.57. The number of aromatic amines is 1. The molecule has 2 heterocycles. The Balaban J connectivity index is 1.57. The fourth-order valence-corrected chi connectivity index (χ4v) is 4.02. The third-order valence-electron chi connectivity index (χ3n) is 5.54. The van der Waals surface area contributed by atoms with Crippen molar-refractivity contribution in [3.63, 3.8) is 0 Å². The first kappa shape index (κ1) is 19.6. The number of fused-ring (bicyclic) bond motifs is 1. The van der Waals surface area contributed by atoms with Crippen LogP contribution in [0, 0.1) is 0 Å². The molecule has 0 radical (unpaired) electrons. The van der Waals surface area contributed by atoms with E-state index in [1.807, 2.05) is 29.1 Å². The molecule has 0 unspecified atom stereocenters. The molecule has 6 nitrogen and oxygen atoms in total. The van der Waals surface area contributed by atoms with Crippen LogP contribution in [-0.2, 0) is 25.9 Å². The fourth-order valence-electron chi connectivity index (χ4n) is 4.02. The second-order valence-corrected chi connectivity index (χ2v) is 8.30. The highest BCUT2D eigenvalue weighted by atomic mass is 16.1. The van der Waals surface area contributed by atoms with Gasteiger partial charge in [0.15, 0.2) is 0 Å².